The fraction of sp³-hybridized carbons (Fsp3) is 0.310. The number of likely N-dealkylation sites (tertiary alicyclic amines) is 1. The highest BCUT2D eigenvalue weighted by molar-refractivity contribution is 6.31. The molecule has 41 heavy (non-hydrogen) atoms. The summed E-state index contributed by atoms with van der Waals surface area (Å²) in [7, 11) is 0. The molecule has 0 atom stereocenters. The Labute approximate surface area is 246 Å². The van der Waals surface area contributed by atoms with E-state index in [2.05, 4.69) is 15.6 Å². The maximum atomic E-state index is 14.2. The van der Waals surface area contributed by atoms with Crippen LogP contribution in [0.25, 0.3) is 0 Å². The molecular formula is C29H29Cl2FN4O5. The zero-order valence-corrected chi connectivity index (χ0v) is 24.2. The predicted octanol–water partition coefficient (Wildman–Crippen LogP) is 6.81. The number of nitrogens with one attached hydrogen (secondary N) is 2. The number of rotatable bonds is 6. The van der Waals surface area contributed by atoms with Crippen molar-refractivity contribution in [1.29, 1.82) is 0 Å². The number of carbonyl (C=O) groups excluding carboxylic acids is 3. The highest BCUT2D eigenvalue weighted by Gasteiger charge is 2.29. The van der Waals surface area contributed by atoms with Crippen molar-refractivity contribution in [3.8, 4) is 5.75 Å². The van der Waals surface area contributed by atoms with Crippen molar-refractivity contribution in [1.82, 2.24) is 9.88 Å². The molecule has 1 aromatic heterocycles. The lowest BCUT2D eigenvalue weighted by Crippen LogP contribution is -2.44. The molecule has 216 valence electrons. The number of ether oxygens (including phenoxy) is 2. The molecule has 2 N–H and O–H groups in total. The molecule has 3 amide bonds. The number of benzene rings is 2. The van der Waals surface area contributed by atoms with E-state index in [0.29, 0.717) is 31.0 Å². The molecule has 4 rings (SSSR count). The Morgan fingerprint density at radius 1 is 0.927 bits per heavy atom. The lowest BCUT2D eigenvalue weighted by atomic mass is 10.1. The summed E-state index contributed by atoms with van der Waals surface area (Å²) in [5.74, 6) is -1.46. The number of amides is 3. The number of carbonyl (C=O) groups is 3. The maximum Gasteiger partial charge on any atom is 0.410 e. The molecule has 12 heteroatoms. The molecule has 1 aliphatic heterocycles. The van der Waals surface area contributed by atoms with E-state index in [1.807, 2.05) is 0 Å². The average molecular weight is 603 g/mol. The van der Waals surface area contributed by atoms with Crippen LogP contribution in [0.15, 0.2) is 54.7 Å². The number of pyridine rings is 1. The Morgan fingerprint density at radius 3 is 2.27 bits per heavy atom. The zero-order valence-electron chi connectivity index (χ0n) is 22.7. The van der Waals surface area contributed by atoms with Gasteiger partial charge >= 0.3 is 6.09 Å². The van der Waals surface area contributed by atoms with Crippen LogP contribution >= 0.6 is 23.2 Å². The average Bonchev–Trinajstić information content (AvgIpc) is 2.90. The summed E-state index contributed by atoms with van der Waals surface area (Å²) in [5, 5.41) is 6.02. The van der Waals surface area contributed by atoms with Gasteiger partial charge < -0.3 is 25.0 Å². The lowest BCUT2D eigenvalue weighted by molar-refractivity contribution is 0.0126. The van der Waals surface area contributed by atoms with Crippen LogP contribution in [0.2, 0.25) is 10.0 Å². The quantitative estimate of drug-likeness (QED) is 0.321. The first kappa shape index (κ1) is 30.1. The van der Waals surface area contributed by atoms with Crippen LogP contribution in [0.1, 0.15) is 54.3 Å². The lowest BCUT2D eigenvalue weighted by Gasteiger charge is -2.33. The second kappa shape index (κ2) is 12.7. The van der Waals surface area contributed by atoms with Gasteiger partial charge in [-0.25, -0.2) is 14.2 Å². The number of piperidine rings is 1. The Bertz CT molecular complexity index is 1440. The summed E-state index contributed by atoms with van der Waals surface area (Å²) in [6.45, 7) is 6.18. The minimum absolute atomic E-state index is 0.0450. The van der Waals surface area contributed by atoms with Crippen LogP contribution in [-0.4, -0.2) is 52.6 Å². The van der Waals surface area contributed by atoms with Gasteiger partial charge in [0, 0.05) is 43.2 Å². The maximum absolute atomic E-state index is 14.2. The molecule has 0 unspecified atom stereocenters. The van der Waals surface area contributed by atoms with Gasteiger partial charge in [0.2, 0.25) is 0 Å². The number of nitrogens with zero attached hydrogens (tertiary/aromatic N) is 2. The van der Waals surface area contributed by atoms with Crippen molar-refractivity contribution in [2.75, 3.05) is 23.7 Å². The topological polar surface area (TPSA) is 110 Å². The SMILES string of the molecule is CC(C)(C)OC(=O)N1CCC(Oc2cc(F)ccc2C(=O)Nc2ccc(Cl)cc2C(=O)Nc2ccc(Cl)cn2)CC1. The summed E-state index contributed by atoms with van der Waals surface area (Å²) in [6.07, 6.45) is 1.56. The van der Waals surface area contributed by atoms with E-state index >= 15 is 0 Å². The summed E-state index contributed by atoms with van der Waals surface area (Å²) in [6, 6.07) is 11.1. The molecular weight excluding hydrogens is 574 g/mol. The van der Waals surface area contributed by atoms with E-state index in [1.54, 1.807) is 31.7 Å². The van der Waals surface area contributed by atoms with E-state index in [4.69, 9.17) is 32.7 Å². The first-order valence-corrected chi connectivity index (χ1v) is 13.6. The molecule has 0 bridgehead atoms. The molecule has 2 heterocycles. The van der Waals surface area contributed by atoms with Gasteiger partial charge in [0.1, 0.15) is 29.1 Å². The fourth-order valence-electron chi connectivity index (χ4n) is 4.08. The number of anilines is 2. The molecule has 2 aromatic carbocycles. The standard InChI is InChI=1S/C29H29Cl2FN4O5/c1-29(2,3)41-28(39)36-12-10-20(11-13-36)40-24-15-19(32)6-7-21(24)26(37)34-23-8-4-17(30)14-22(23)27(38)35-25-9-5-18(31)16-33-25/h4-9,14-16,20H,10-13H2,1-3H3,(H,34,37)(H,33,35,38). The van der Waals surface area contributed by atoms with Crippen molar-refractivity contribution in [2.45, 2.75) is 45.3 Å². The molecule has 1 fully saturated rings. The van der Waals surface area contributed by atoms with Gasteiger partial charge in [0.25, 0.3) is 11.8 Å². The number of hydrogen-bond donors (Lipinski definition) is 2. The highest BCUT2D eigenvalue weighted by atomic mass is 35.5. The molecule has 3 aromatic rings. The zero-order chi connectivity index (χ0) is 29.7. The minimum atomic E-state index is -0.618. The van der Waals surface area contributed by atoms with E-state index in [1.165, 1.54) is 36.5 Å². The Morgan fingerprint density at radius 2 is 1.61 bits per heavy atom. The second-order valence-corrected chi connectivity index (χ2v) is 11.3. The largest absolute Gasteiger partial charge is 0.489 e. The Kier molecular flexibility index (Phi) is 9.35. The molecule has 0 spiro atoms. The molecule has 0 aliphatic carbocycles. The molecule has 1 saturated heterocycles. The van der Waals surface area contributed by atoms with Crippen LogP contribution < -0.4 is 15.4 Å². The first-order chi connectivity index (χ1) is 19.4. The van der Waals surface area contributed by atoms with E-state index in [9.17, 15) is 18.8 Å². The Hall–Kier alpha value is -3.89. The van der Waals surface area contributed by atoms with Crippen molar-refractivity contribution in [3.05, 3.63) is 81.7 Å². The number of halogens is 3. The summed E-state index contributed by atoms with van der Waals surface area (Å²) in [4.78, 5) is 44.4. The van der Waals surface area contributed by atoms with Gasteiger partial charge in [-0.2, -0.15) is 0 Å². The van der Waals surface area contributed by atoms with Gasteiger partial charge in [-0.1, -0.05) is 23.2 Å². The fourth-order valence-corrected chi connectivity index (χ4v) is 4.36. The normalized spacial score (nSPS) is 13.9. The monoisotopic (exact) mass is 602 g/mol. The van der Waals surface area contributed by atoms with Gasteiger partial charge in [-0.05, 0) is 63.2 Å². The van der Waals surface area contributed by atoms with Gasteiger partial charge in [0.05, 0.1) is 21.8 Å². The van der Waals surface area contributed by atoms with Crippen LogP contribution in [0.5, 0.6) is 5.75 Å². The number of hydrogen-bond acceptors (Lipinski definition) is 6. The van der Waals surface area contributed by atoms with Crippen LogP contribution in [0.4, 0.5) is 20.7 Å². The van der Waals surface area contributed by atoms with Gasteiger partial charge in [-0.15, -0.1) is 0 Å². The summed E-state index contributed by atoms with van der Waals surface area (Å²) in [5.41, 5.74) is -0.277. The molecule has 0 radical (unpaired) electrons. The second-order valence-electron chi connectivity index (χ2n) is 10.4. The van der Waals surface area contributed by atoms with Crippen molar-refractivity contribution in [2.24, 2.45) is 0 Å². The van der Waals surface area contributed by atoms with Crippen LogP contribution in [0.3, 0.4) is 0 Å². The third kappa shape index (κ3) is 8.31. The van der Waals surface area contributed by atoms with Crippen molar-refractivity contribution >= 4 is 52.6 Å². The van der Waals surface area contributed by atoms with E-state index < -0.39 is 29.3 Å². The smallest absolute Gasteiger partial charge is 0.410 e. The van der Waals surface area contributed by atoms with Gasteiger partial charge in [0.15, 0.2) is 0 Å². The van der Waals surface area contributed by atoms with Crippen molar-refractivity contribution < 1.29 is 28.2 Å². The van der Waals surface area contributed by atoms with Crippen LogP contribution in [-0.2, 0) is 4.74 Å². The molecule has 9 nitrogen and oxygen atoms in total. The van der Waals surface area contributed by atoms with Crippen LogP contribution in [0, 0.1) is 5.82 Å². The van der Waals surface area contributed by atoms with E-state index in [0.717, 1.165) is 12.1 Å². The van der Waals surface area contributed by atoms with E-state index in [-0.39, 0.29) is 39.5 Å². The number of aromatic nitrogens is 1. The minimum Gasteiger partial charge on any atom is -0.489 e. The highest BCUT2D eigenvalue weighted by Crippen LogP contribution is 2.28. The Balaban J connectivity index is 1.47. The molecule has 1 aliphatic rings. The summed E-state index contributed by atoms with van der Waals surface area (Å²) < 4.78 is 25.7. The predicted molar refractivity (Wildman–Crippen MR) is 154 cm³/mol. The third-order valence-electron chi connectivity index (χ3n) is 6.02. The molecule has 0 saturated carbocycles. The third-order valence-corrected chi connectivity index (χ3v) is 6.48. The summed E-state index contributed by atoms with van der Waals surface area (Å²) >= 11 is 12.0. The van der Waals surface area contributed by atoms with Gasteiger partial charge in [-0.3, -0.25) is 9.59 Å². The first-order valence-electron chi connectivity index (χ1n) is 12.9. The van der Waals surface area contributed by atoms with Crippen molar-refractivity contribution in [3.63, 3.8) is 0 Å².